The standard InChI is InChI=1S/C15H10F4N2.Au.ClH/c16-10-1-3-14(12(18)7-10)20-5-6-21(9-20)15-4-2-11(17)8-13(15)19;;/h1-4,7-8H,5-6H2;;1H/q;-1;/p-1. The van der Waals surface area contributed by atoms with Crippen LogP contribution in [0.1, 0.15) is 0 Å². The van der Waals surface area contributed by atoms with Crippen LogP contribution in [0.4, 0.5) is 28.9 Å². The van der Waals surface area contributed by atoms with Crippen LogP contribution in [-0.4, -0.2) is 17.1 Å². The third kappa shape index (κ3) is 3.17. The molecule has 0 aromatic heterocycles. The van der Waals surface area contributed by atoms with Crippen molar-refractivity contribution < 1.29 is 35.8 Å². The molecule has 2 aromatic rings. The summed E-state index contributed by atoms with van der Waals surface area (Å²) in [5.41, 5.74) is 0.367. The number of halogens is 5. The predicted molar refractivity (Wildman–Crippen MR) is 78.3 cm³/mol. The van der Waals surface area contributed by atoms with Crippen LogP contribution in [0.15, 0.2) is 36.4 Å². The molecular weight excluding hydrogens is 517 g/mol. The summed E-state index contributed by atoms with van der Waals surface area (Å²) < 4.78 is 54.7. The molecule has 2 aromatic carbocycles. The zero-order valence-electron chi connectivity index (χ0n) is 11.5. The van der Waals surface area contributed by atoms with E-state index in [0.717, 1.165) is 24.3 Å². The van der Waals surface area contributed by atoms with Crippen LogP contribution in [0.5, 0.6) is 0 Å². The Morgan fingerprint density at radius 1 is 0.783 bits per heavy atom. The number of hydrogen-bond acceptors (Lipinski definition) is 2. The van der Waals surface area contributed by atoms with E-state index in [2.05, 4.69) is 0 Å². The Hall–Kier alpha value is -1.34. The van der Waals surface area contributed by atoms with Crippen LogP contribution in [0, 0.1) is 23.3 Å². The zero-order valence-corrected chi connectivity index (χ0v) is 14.4. The van der Waals surface area contributed by atoms with Gasteiger partial charge in [0, 0.05) is 0 Å². The Bertz CT molecular complexity index is 723. The van der Waals surface area contributed by atoms with Crippen molar-refractivity contribution in [2.75, 3.05) is 22.9 Å². The molecule has 0 aliphatic carbocycles. The van der Waals surface area contributed by atoms with E-state index in [0.29, 0.717) is 17.1 Å². The topological polar surface area (TPSA) is 6.48 Å². The van der Waals surface area contributed by atoms with Crippen molar-refractivity contribution in [1.29, 1.82) is 0 Å². The van der Waals surface area contributed by atoms with Crippen LogP contribution in [0.3, 0.4) is 0 Å². The van der Waals surface area contributed by atoms with Gasteiger partial charge < -0.3 is 0 Å². The van der Waals surface area contributed by atoms with Crippen molar-refractivity contribution >= 4 is 24.5 Å². The maximum atomic E-state index is 14.0. The summed E-state index contributed by atoms with van der Waals surface area (Å²) in [6.45, 7) is 0.746. The first-order valence-corrected chi connectivity index (χ1v) is 10.3. The average molecular weight is 527 g/mol. The van der Waals surface area contributed by atoms with Gasteiger partial charge in [-0.3, -0.25) is 0 Å². The second kappa shape index (κ2) is 6.65. The fourth-order valence-corrected chi connectivity index (χ4v) is 4.85. The minimum absolute atomic E-state index is 0.184. The monoisotopic (exact) mass is 526 g/mol. The number of rotatable bonds is 2. The molecule has 2 nitrogen and oxygen atoms in total. The van der Waals surface area contributed by atoms with Gasteiger partial charge in [-0.1, -0.05) is 0 Å². The Balaban J connectivity index is 1.98. The molecule has 0 unspecified atom stereocenters. The van der Waals surface area contributed by atoms with Crippen molar-refractivity contribution in [1.82, 2.24) is 0 Å². The Morgan fingerprint density at radius 3 is 1.57 bits per heavy atom. The summed E-state index contributed by atoms with van der Waals surface area (Å²) in [5, 5.41) is 0. The van der Waals surface area contributed by atoms with E-state index >= 15 is 0 Å². The number of hydrogen-bond donors (Lipinski definition) is 0. The number of benzene rings is 2. The van der Waals surface area contributed by atoms with Gasteiger partial charge in [0.25, 0.3) is 0 Å². The van der Waals surface area contributed by atoms with Crippen LogP contribution in [0.25, 0.3) is 0 Å². The quantitative estimate of drug-likeness (QED) is 0.433. The normalized spacial score (nSPS) is 14.9. The van der Waals surface area contributed by atoms with E-state index in [1.807, 2.05) is 0 Å². The molecule has 1 aliphatic rings. The molecule has 1 aliphatic heterocycles. The van der Waals surface area contributed by atoms with Gasteiger partial charge in [0.15, 0.2) is 0 Å². The van der Waals surface area contributed by atoms with Gasteiger partial charge in [0.1, 0.15) is 0 Å². The van der Waals surface area contributed by atoms with Gasteiger partial charge >= 0.3 is 143 Å². The van der Waals surface area contributed by atoms with E-state index in [4.69, 9.17) is 9.19 Å². The number of anilines is 2. The summed E-state index contributed by atoms with van der Waals surface area (Å²) in [4.78, 5) is 3.21. The van der Waals surface area contributed by atoms with Gasteiger partial charge in [-0.25, -0.2) is 0 Å². The van der Waals surface area contributed by atoms with E-state index < -0.39 is 41.5 Å². The van der Waals surface area contributed by atoms with Crippen molar-refractivity contribution in [3.63, 3.8) is 0 Å². The Kier molecular flexibility index (Phi) is 4.77. The molecular formula is C15H10AuClF4N2-2. The number of nitrogens with zero attached hydrogens (tertiary/aromatic N) is 2. The zero-order chi connectivity index (χ0) is 16.6. The second-order valence-corrected chi connectivity index (χ2v) is 7.10. The van der Waals surface area contributed by atoms with Crippen molar-refractivity contribution in [2.45, 2.75) is 0 Å². The first-order chi connectivity index (χ1) is 11.0. The molecule has 0 saturated carbocycles. The van der Waals surface area contributed by atoms with Crippen molar-refractivity contribution in [3.05, 3.63) is 59.7 Å². The van der Waals surface area contributed by atoms with Crippen LogP contribution in [0.2, 0.25) is 0 Å². The predicted octanol–water partition coefficient (Wildman–Crippen LogP) is 3.89. The van der Waals surface area contributed by atoms with Gasteiger partial charge in [0.2, 0.25) is 0 Å². The molecule has 23 heavy (non-hydrogen) atoms. The SMILES string of the molecule is Fc1ccc(N2CCN(c3ccc(F)cc3F)[C]2=[Au-2][Cl])c(F)c1. The fraction of sp³-hybridized carbons (Fsp3) is 0.133. The van der Waals surface area contributed by atoms with Crippen LogP contribution >= 0.6 is 9.19 Å². The molecule has 0 spiro atoms. The molecule has 0 atom stereocenters. The molecule has 1 fully saturated rings. The van der Waals surface area contributed by atoms with Crippen molar-refractivity contribution in [2.24, 2.45) is 0 Å². The first-order valence-electron chi connectivity index (χ1n) is 6.52. The summed E-state index contributed by atoms with van der Waals surface area (Å²) in [7, 11) is 6.05. The third-order valence-corrected chi connectivity index (χ3v) is 5.77. The summed E-state index contributed by atoms with van der Waals surface area (Å²) in [6.07, 6.45) is 0. The molecule has 128 valence electrons. The molecule has 1 saturated heterocycles. The summed E-state index contributed by atoms with van der Waals surface area (Å²) in [6, 6.07) is 6.54. The second-order valence-electron chi connectivity index (χ2n) is 4.79. The van der Waals surface area contributed by atoms with Gasteiger partial charge in [-0.15, -0.1) is 0 Å². The van der Waals surface area contributed by atoms with Gasteiger partial charge in [0.05, 0.1) is 0 Å². The molecule has 8 heteroatoms. The van der Waals surface area contributed by atoms with E-state index in [1.54, 1.807) is 9.80 Å². The average Bonchev–Trinajstić information content (AvgIpc) is 2.90. The maximum absolute atomic E-state index is 14.0. The molecule has 0 N–H and O–H groups in total. The fourth-order valence-electron chi connectivity index (χ4n) is 2.40. The third-order valence-electron chi connectivity index (χ3n) is 3.40. The Morgan fingerprint density at radius 2 is 1.22 bits per heavy atom. The minimum atomic E-state index is -0.928. The van der Waals surface area contributed by atoms with Crippen LogP contribution in [-0.2, 0) is 18.2 Å². The van der Waals surface area contributed by atoms with E-state index in [9.17, 15) is 17.6 Å². The Labute approximate surface area is 142 Å². The van der Waals surface area contributed by atoms with Gasteiger partial charge in [-0.05, 0) is 0 Å². The summed E-state index contributed by atoms with van der Waals surface area (Å²) >= 11 is -0.928. The van der Waals surface area contributed by atoms with Crippen LogP contribution < -0.4 is 9.80 Å². The molecule has 3 rings (SSSR count). The van der Waals surface area contributed by atoms with E-state index in [-0.39, 0.29) is 11.4 Å². The molecule has 1 heterocycles. The molecule has 0 bridgehead atoms. The summed E-state index contributed by atoms with van der Waals surface area (Å²) in [5.74, 6) is -2.77. The molecule has 0 radical (unpaired) electrons. The van der Waals surface area contributed by atoms with Gasteiger partial charge in [-0.2, -0.15) is 0 Å². The van der Waals surface area contributed by atoms with E-state index in [1.165, 1.54) is 12.1 Å². The molecule has 0 amide bonds. The first kappa shape index (κ1) is 16.5. The van der Waals surface area contributed by atoms with Crippen molar-refractivity contribution in [3.8, 4) is 0 Å².